The van der Waals surface area contributed by atoms with Crippen LogP contribution in [0.25, 0.3) is 0 Å². The van der Waals surface area contributed by atoms with Gasteiger partial charge in [-0.3, -0.25) is 19.3 Å². The highest BCUT2D eigenvalue weighted by molar-refractivity contribution is 9.10. The highest BCUT2D eigenvalue weighted by atomic mass is 79.9. The first-order chi connectivity index (χ1) is 13.4. The Morgan fingerprint density at radius 3 is 2.46 bits per heavy atom. The number of ether oxygens (including phenoxy) is 1. The molecular weight excluding hydrogens is 424 g/mol. The molecule has 1 aliphatic heterocycles. The lowest BCUT2D eigenvalue weighted by molar-refractivity contribution is -0.130. The molecule has 146 valence electrons. The van der Waals surface area contributed by atoms with Crippen molar-refractivity contribution in [3.8, 4) is 5.75 Å². The van der Waals surface area contributed by atoms with Gasteiger partial charge in [-0.15, -0.1) is 0 Å². The third-order valence-corrected chi connectivity index (χ3v) is 5.12. The SMILES string of the molecule is Cc1ccc(OCCN(C)C(=O)CCN2C(=O)c3ccc(Br)cc3C2=O)cc1. The third-order valence-electron chi connectivity index (χ3n) is 4.62. The Morgan fingerprint density at radius 2 is 1.75 bits per heavy atom. The molecule has 2 aromatic carbocycles. The number of fused-ring (bicyclic) bond motifs is 1. The number of imide groups is 1. The summed E-state index contributed by atoms with van der Waals surface area (Å²) in [7, 11) is 1.68. The lowest BCUT2D eigenvalue weighted by Crippen LogP contribution is -2.36. The minimum absolute atomic E-state index is 0.0615. The second-order valence-corrected chi connectivity index (χ2v) is 7.59. The number of rotatable bonds is 7. The highest BCUT2D eigenvalue weighted by Gasteiger charge is 2.35. The van der Waals surface area contributed by atoms with Crippen molar-refractivity contribution in [2.24, 2.45) is 0 Å². The van der Waals surface area contributed by atoms with Gasteiger partial charge < -0.3 is 9.64 Å². The van der Waals surface area contributed by atoms with E-state index in [1.807, 2.05) is 31.2 Å². The van der Waals surface area contributed by atoms with Gasteiger partial charge in [-0.05, 0) is 37.3 Å². The van der Waals surface area contributed by atoms with Crippen LogP contribution in [0.1, 0.15) is 32.7 Å². The van der Waals surface area contributed by atoms with Crippen LogP contribution in [0.2, 0.25) is 0 Å². The minimum Gasteiger partial charge on any atom is -0.492 e. The highest BCUT2D eigenvalue weighted by Crippen LogP contribution is 2.26. The molecule has 0 aromatic heterocycles. The van der Waals surface area contributed by atoms with Crippen molar-refractivity contribution in [1.82, 2.24) is 9.80 Å². The van der Waals surface area contributed by atoms with Gasteiger partial charge in [0.25, 0.3) is 11.8 Å². The lowest BCUT2D eigenvalue weighted by Gasteiger charge is -2.19. The number of halogens is 1. The van der Waals surface area contributed by atoms with Crippen LogP contribution in [-0.4, -0.2) is 54.3 Å². The van der Waals surface area contributed by atoms with Crippen LogP contribution in [-0.2, 0) is 4.79 Å². The van der Waals surface area contributed by atoms with E-state index in [0.29, 0.717) is 24.3 Å². The van der Waals surface area contributed by atoms with Gasteiger partial charge in [0.1, 0.15) is 12.4 Å². The number of carbonyl (C=O) groups is 3. The molecule has 0 saturated carbocycles. The molecule has 3 rings (SSSR count). The second-order valence-electron chi connectivity index (χ2n) is 6.68. The largest absolute Gasteiger partial charge is 0.492 e. The van der Waals surface area contributed by atoms with Gasteiger partial charge >= 0.3 is 0 Å². The summed E-state index contributed by atoms with van der Waals surface area (Å²) in [5.41, 5.74) is 1.90. The standard InChI is InChI=1S/C21H21BrN2O4/c1-14-3-6-16(7-4-14)28-12-11-23(2)19(25)9-10-24-20(26)17-8-5-15(22)13-18(17)21(24)27/h3-8,13H,9-12H2,1-2H3. The monoisotopic (exact) mass is 444 g/mol. The number of hydrogen-bond donors (Lipinski definition) is 0. The zero-order valence-electron chi connectivity index (χ0n) is 15.8. The van der Waals surface area contributed by atoms with E-state index in [0.717, 1.165) is 20.7 Å². The van der Waals surface area contributed by atoms with E-state index in [4.69, 9.17) is 4.74 Å². The van der Waals surface area contributed by atoms with Crippen LogP contribution >= 0.6 is 15.9 Å². The zero-order chi connectivity index (χ0) is 20.3. The third kappa shape index (κ3) is 4.42. The number of carbonyl (C=O) groups excluding carboxylic acids is 3. The smallest absolute Gasteiger partial charge is 0.261 e. The average Bonchev–Trinajstić information content (AvgIpc) is 2.91. The molecule has 0 saturated heterocycles. The summed E-state index contributed by atoms with van der Waals surface area (Å²) in [6.07, 6.45) is 0.0771. The summed E-state index contributed by atoms with van der Waals surface area (Å²) in [5.74, 6) is -0.112. The van der Waals surface area contributed by atoms with E-state index in [-0.39, 0.29) is 30.7 Å². The topological polar surface area (TPSA) is 66.9 Å². The molecule has 0 N–H and O–H groups in total. The predicted octanol–water partition coefficient (Wildman–Crippen LogP) is 3.28. The summed E-state index contributed by atoms with van der Waals surface area (Å²) >= 11 is 3.30. The zero-order valence-corrected chi connectivity index (χ0v) is 17.4. The van der Waals surface area contributed by atoms with Crippen molar-refractivity contribution in [3.05, 3.63) is 63.6 Å². The summed E-state index contributed by atoms with van der Waals surface area (Å²) in [6, 6.07) is 12.7. The maximum Gasteiger partial charge on any atom is 0.261 e. The molecule has 3 amide bonds. The number of hydrogen-bond acceptors (Lipinski definition) is 4. The van der Waals surface area contributed by atoms with E-state index in [9.17, 15) is 14.4 Å². The number of amides is 3. The van der Waals surface area contributed by atoms with Gasteiger partial charge in [-0.25, -0.2) is 0 Å². The van der Waals surface area contributed by atoms with Crippen molar-refractivity contribution in [1.29, 1.82) is 0 Å². The lowest BCUT2D eigenvalue weighted by atomic mass is 10.1. The number of aryl methyl sites for hydroxylation is 1. The molecule has 0 aliphatic carbocycles. The molecule has 0 radical (unpaired) electrons. The Bertz CT molecular complexity index is 911. The van der Waals surface area contributed by atoms with Gasteiger partial charge in [0.2, 0.25) is 5.91 Å². The first-order valence-electron chi connectivity index (χ1n) is 8.96. The van der Waals surface area contributed by atoms with E-state index < -0.39 is 0 Å². The number of benzene rings is 2. The molecule has 0 atom stereocenters. The molecule has 1 heterocycles. The fourth-order valence-electron chi connectivity index (χ4n) is 2.92. The second kappa shape index (κ2) is 8.56. The van der Waals surface area contributed by atoms with Crippen molar-refractivity contribution in [2.75, 3.05) is 26.7 Å². The number of nitrogens with zero attached hydrogens (tertiary/aromatic N) is 2. The van der Waals surface area contributed by atoms with Gasteiger partial charge in [-0.2, -0.15) is 0 Å². The first-order valence-corrected chi connectivity index (χ1v) is 9.75. The van der Waals surface area contributed by atoms with Crippen molar-refractivity contribution in [3.63, 3.8) is 0 Å². The molecule has 7 heteroatoms. The minimum atomic E-state index is -0.362. The molecule has 0 unspecified atom stereocenters. The Balaban J connectivity index is 1.48. The average molecular weight is 445 g/mol. The van der Waals surface area contributed by atoms with Crippen LogP contribution in [0.4, 0.5) is 0 Å². The molecule has 0 spiro atoms. The molecule has 0 bridgehead atoms. The number of likely N-dealkylation sites (N-methyl/N-ethyl adjacent to an activating group) is 1. The fraction of sp³-hybridized carbons (Fsp3) is 0.286. The molecule has 6 nitrogen and oxygen atoms in total. The normalized spacial score (nSPS) is 12.9. The van der Waals surface area contributed by atoms with Crippen LogP contribution in [0.5, 0.6) is 5.75 Å². The van der Waals surface area contributed by atoms with Crippen LogP contribution in [0.15, 0.2) is 46.9 Å². The Morgan fingerprint density at radius 1 is 1.07 bits per heavy atom. The maximum absolute atomic E-state index is 12.4. The van der Waals surface area contributed by atoms with E-state index in [2.05, 4.69) is 15.9 Å². The Hall–Kier alpha value is -2.67. The van der Waals surface area contributed by atoms with Crippen molar-refractivity contribution in [2.45, 2.75) is 13.3 Å². The van der Waals surface area contributed by atoms with E-state index in [1.165, 1.54) is 0 Å². The van der Waals surface area contributed by atoms with Crippen molar-refractivity contribution < 1.29 is 19.1 Å². The van der Waals surface area contributed by atoms with Crippen LogP contribution in [0.3, 0.4) is 0 Å². The predicted molar refractivity (Wildman–Crippen MR) is 108 cm³/mol. The fourth-order valence-corrected chi connectivity index (χ4v) is 3.29. The van der Waals surface area contributed by atoms with Gasteiger partial charge in [-0.1, -0.05) is 33.6 Å². The molecule has 0 fully saturated rings. The summed E-state index contributed by atoms with van der Waals surface area (Å²) in [6.45, 7) is 2.85. The van der Waals surface area contributed by atoms with Crippen LogP contribution in [0, 0.1) is 6.92 Å². The Kier molecular flexibility index (Phi) is 6.14. The molecule has 28 heavy (non-hydrogen) atoms. The summed E-state index contributed by atoms with van der Waals surface area (Å²) < 4.78 is 6.37. The van der Waals surface area contributed by atoms with Crippen molar-refractivity contribution >= 4 is 33.7 Å². The van der Waals surface area contributed by atoms with Gasteiger partial charge in [0.05, 0.1) is 17.7 Å². The molecule has 1 aliphatic rings. The van der Waals surface area contributed by atoms with Gasteiger partial charge in [0.15, 0.2) is 0 Å². The maximum atomic E-state index is 12.4. The molecular formula is C21H21BrN2O4. The quantitative estimate of drug-likeness (QED) is 0.614. The first kappa shape index (κ1) is 20.1. The van der Waals surface area contributed by atoms with E-state index in [1.54, 1.807) is 30.1 Å². The van der Waals surface area contributed by atoms with Crippen LogP contribution < -0.4 is 4.74 Å². The van der Waals surface area contributed by atoms with Gasteiger partial charge in [0, 0.05) is 24.5 Å². The summed E-state index contributed by atoms with van der Waals surface area (Å²) in [5, 5.41) is 0. The summed E-state index contributed by atoms with van der Waals surface area (Å²) in [4.78, 5) is 39.8. The molecule has 2 aromatic rings. The van der Waals surface area contributed by atoms with E-state index >= 15 is 0 Å². The Labute approximate surface area is 172 Å².